The lowest BCUT2D eigenvalue weighted by Gasteiger charge is -2.26. The summed E-state index contributed by atoms with van der Waals surface area (Å²) in [6.07, 6.45) is 1.09. The van der Waals surface area contributed by atoms with Crippen LogP contribution in [0.4, 0.5) is 10.5 Å². The summed E-state index contributed by atoms with van der Waals surface area (Å²) in [6.45, 7) is 12.7. The molecular weight excluding hydrogens is 608 g/mol. The first kappa shape index (κ1) is 36.9. The summed E-state index contributed by atoms with van der Waals surface area (Å²) >= 11 is 3.38. The lowest BCUT2D eigenvalue weighted by Crippen LogP contribution is -2.55. The van der Waals surface area contributed by atoms with Crippen LogP contribution >= 0.6 is 15.9 Å². The number of esters is 1. The number of rotatable bonds is 16. The largest absolute Gasteiger partial charge is 0.466 e. The van der Waals surface area contributed by atoms with Gasteiger partial charge in [-0.2, -0.15) is 0 Å². The molecule has 0 aliphatic carbocycles. The summed E-state index contributed by atoms with van der Waals surface area (Å²) in [5.74, 6) is -2.11. The Kier molecular flexibility index (Phi) is 16.2. The monoisotopic (exact) mass is 654 g/mol. The van der Waals surface area contributed by atoms with E-state index in [1.807, 2.05) is 32.9 Å². The number of carbonyl (C=O) groups excluding carboxylic acids is 5. The number of anilines is 1. The van der Waals surface area contributed by atoms with Crippen molar-refractivity contribution in [2.75, 3.05) is 11.9 Å². The van der Waals surface area contributed by atoms with Crippen molar-refractivity contribution in [3.05, 3.63) is 29.8 Å². The van der Waals surface area contributed by atoms with Gasteiger partial charge in [-0.15, -0.1) is 0 Å². The number of nitrogens with one attached hydrogen (secondary N) is 4. The Balaban J connectivity index is 2.94. The van der Waals surface area contributed by atoms with Gasteiger partial charge in [-0.25, -0.2) is 4.79 Å². The predicted molar refractivity (Wildman–Crippen MR) is 165 cm³/mol. The molecule has 0 unspecified atom stereocenters. The Bertz CT molecular complexity index is 1040. The third-order valence-electron chi connectivity index (χ3n) is 5.87. The molecule has 42 heavy (non-hydrogen) atoms. The second-order valence-corrected chi connectivity index (χ2v) is 12.1. The van der Waals surface area contributed by atoms with E-state index in [1.165, 1.54) is 6.92 Å². The molecule has 4 N–H and O–H groups in total. The minimum absolute atomic E-state index is 0.00114. The summed E-state index contributed by atoms with van der Waals surface area (Å²) in [4.78, 5) is 63.8. The molecule has 1 rings (SSSR count). The van der Waals surface area contributed by atoms with Crippen LogP contribution in [0.15, 0.2) is 24.3 Å². The zero-order chi connectivity index (χ0) is 31.9. The van der Waals surface area contributed by atoms with E-state index >= 15 is 0 Å². The number of hydrogen-bond donors (Lipinski definition) is 4. The van der Waals surface area contributed by atoms with Gasteiger partial charge in [-0.3, -0.25) is 19.2 Å². The Morgan fingerprint density at radius 1 is 0.881 bits per heavy atom. The van der Waals surface area contributed by atoms with Gasteiger partial charge in [0, 0.05) is 17.4 Å². The predicted octanol–water partition coefficient (Wildman–Crippen LogP) is 4.57. The van der Waals surface area contributed by atoms with Gasteiger partial charge < -0.3 is 30.7 Å². The van der Waals surface area contributed by atoms with Crippen molar-refractivity contribution >= 4 is 51.4 Å². The molecular formula is C30H47BrN4O7. The number of alkyl carbamates (subject to hydrolysis) is 1. The van der Waals surface area contributed by atoms with Gasteiger partial charge in [0.25, 0.3) is 0 Å². The number of halogens is 1. The van der Waals surface area contributed by atoms with Gasteiger partial charge in [0.2, 0.25) is 17.7 Å². The Labute approximate surface area is 257 Å². The minimum atomic E-state index is -1.07. The highest BCUT2D eigenvalue weighted by molar-refractivity contribution is 9.08. The molecule has 0 fully saturated rings. The summed E-state index contributed by atoms with van der Waals surface area (Å²) in [6, 6.07) is 4.12. The van der Waals surface area contributed by atoms with Crippen molar-refractivity contribution in [2.24, 2.45) is 5.92 Å². The van der Waals surface area contributed by atoms with Crippen LogP contribution in [0.3, 0.4) is 0 Å². The number of amides is 4. The lowest BCUT2D eigenvalue weighted by atomic mass is 10.0. The van der Waals surface area contributed by atoms with Crippen LogP contribution in [0.5, 0.6) is 0 Å². The maximum atomic E-state index is 13.1. The second-order valence-electron chi connectivity index (χ2n) is 11.6. The fourth-order valence-corrected chi connectivity index (χ4v) is 4.04. The van der Waals surface area contributed by atoms with Crippen molar-refractivity contribution < 1.29 is 33.4 Å². The molecule has 1 aromatic carbocycles. The summed E-state index contributed by atoms with van der Waals surface area (Å²) in [5, 5.41) is 11.3. The van der Waals surface area contributed by atoms with Gasteiger partial charge in [-0.1, -0.05) is 55.3 Å². The Hall–Kier alpha value is -3.15. The number of ether oxygens (including phenoxy) is 2. The molecule has 12 heteroatoms. The van der Waals surface area contributed by atoms with Crippen LogP contribution < -0.4 is 21.3 Å². The maximum absolute atomic E-state index is 13.1. The number of carbonyl (C=O) groups is 5. The summed E-state index contributed by atoms with van der Waals surface area (Å²) in [5.41, 5.74) is 0.805. The van der Waals surface area contributed by atoms with E-state index < -0.39 is 53.5 Å². The zero-order valence-electron chi connectivity index (χ0n) is 25.8. The normalized spacial score (nSPS) is 13.4. The Morgan fingerprint density at radius 3 is 2.07 bits per heavy atom. The van der Waals surface area contributed by atoms with Crippen molar-refractivity contribution in [3.8, 4) is 0 Å². The van der Waals surface area contributed by atoms with E-state index in [0.29, 0.717) is 17.4 Å². The van der Waals surface area contributed by atoms with Crippen LogP contribution in [0.1, 0.15) is 86.1 Å². The molecule has 0 saturated carbocycles. The molecule has 0 radical (unpaired) electrons. The van der Waals surface area contributed by atoms with E-state index in [2.05, 4.69) is 37.2 Å². The first-order valence-corrected chi connectivity index (χ1v) is 15.5. The first-order valence-electron chi connectivity index (χ1n) is 14.4. The first-order chi connectivity index (χ1) is 19.6. The lowest BCUT2D eigenvalue weighted by molar-refractivity contribution is -0.144. The molecule has 0 aromatic heterocycles. The third-order valence-corrected chi connectivity index (χ3v) is 6.52. The third kappa shape index (κ3) is 15.2. The van der Waals surface area contributed by atoms with Crippen molar-refractivity contribution in [1.82, 2.24) is 16.0 Å². The molecule has 0 heterocycles. The average molecular weight is 656 g/mol. The number of unbranched alkanes of at least 4 members (excludes halogenated alkanes) is 1. The molecule has 0 spiro atoms. The average Bonchev–Trinajstić information content (AvgIpc) is 2.89. The Morgan fingerprint density at radius 2 is 1.52 bits per heavy atom. The number of benzene rings is 1. The van der Waals surface area contributed by atoms with Gasteiger partial charge in [0.1, 0.15) is 23.7 Å². The van der Waals surface area contributed by atoms with Crippen molar-refractivity contribution in [2.45, 2.75) is 110 Å². The van der Waals surface area contributed by atoms with Crippen LogP contribution in [0.2, 0.25) is 0 Å². The molecule has 1 aromatic rings. The standard InChI is InChI=1S/C30H47BrN4O7/c1-8-9-16-41-25(36)15-14-23(27(38)33-22-12-10-21(18-31)11-13-22)34-26(37)20(4)32-28(39)24(17-19(2)3)35-29(40)42-30(5,6)7/h10-13,19-20,23-24H,8-9,14-18H2,1-7H3,(H,32,39)(H,33,38)(H,34,37)(H,35,40)/t20-,23-,24+/m0/s1. The van der Waals surface area contributed by atoms with Gasteiger partial charge in [0.05, 0.1) is 6.61 Å². The SMILES string of the molecule is CCCCOC(=O)CC[C@H](NC(=O)[C@H](C)NC(=O)[C@@H](CC(C)C)NC(=O)OC(C)(C)C)C(=O)Nc1ccc(CBr)cc1. The highest BCUT2D eigenvalue weighted by Gasteiger charge is 2.29. The van der Waals surface area contributed by atoms with Gasteiger partial charge >= 0.3 is 12.1 Å². The molecule has 4 amide bonds. The van der Waals surface area contributed by atoms with Crippen LogP contribution in [-0.2, 0) is 34.0 Å². The second kappa shape index (κ2) is 18.4. The van der Waals surface area contributed by atoms with Gasteiger partial charge in [-0.05, 0) is 70.6 Å². The van der Waals surface area contributed by atoms with Crippen LogP contribution in [0.25, 0.3) is 0 Å². The smallest absolute Gasteiger partial charge is 0.408 e. The fourth-order valence-electron chi connectivity index (χ4n) is 3.67. The topological polar surface area (TPSA) is 152 Å². The van der Waals surface area contributed by atoms with E-state index in [1.54, 1.807) is 32.9 Å². The van der Waals surface area contributed by atoms with E-state index in [4.69, 9.17) is 9.47 Å². The van der Waals surface area contributed by atoms with Crippen LogP contribution in [0, 0.1) is 5.92 Å². The maximum Gasteiger partial charge on any atom is 0.408 e. The molecule has 3 atom stereocenters. The molecule has 236 valence electrons. The van der Waals surface area contributed by atoms with Gasteiger partial charge in [0.15, 0.2) is 0 Å². The highest BCUT2D eigenvalue weighted by atomic mass is 79.9. The molecule has 0 aliphatic heterocycles. The molecule has 0 aliphatic rings. The van der Waals surface area contributed by atoms with E-state index in [9.17, 15) is 24.0 Å². The fraction of sp³-hybridized carbons (Fsp3) is 0.633. The molecule has 11 nitrogen and oxygen atoms in total. The zero-order valence-corrected chi connectivity index (χ0v) is 27.4. The number of hydrogen-bond acceptors (Lipinski definition) is 7. The number of alkyl halides is 1. The molecule has 0 bridgehead atoms. The quantitative estimate of drug-likeness (QED) is 0.116. The van der Waals surface area contributed by atoms with Crippen LogP contribution in [-0.4, -0.2) is 60.1 Å². The van der Waals surface area contributed by atoms with E-state index in [-0.39, 0.29) is 25.4 Å². The summed E-state index contributed by atoms with van der Waals surface area (Å²) in [7, 11) is 0. The minimum Gasteiger partial charge on any atom is -0.466 e. The summed E-state index contributed by atoms with van der Waals surface area (Å²) < 4.78 is 10.5. The van der Waals surface area contributed by atoms with Crippen molar-refractivity contribution in [1.29, 1.82) is 0 Å². The van der Waals surface area contributed by atoms with Crippen molar-refractivity contribution in [3.63, 3.8) is 0 Å². The van der Waals surface area contributed by atoms with E-state index in [0.717, 1.165) is 18.4 Å². The highest BCUT2D eigenvalue weighted by Crippen LogP contribution is 2.14. The molecule has 0 saturated heterocycles.